The maximum Gasteiger partial charge on any atom is 0.303 e. The number of hydrogen-bond acceptors (Lipinski definition) is 6. The molecule has 1 aromatic heterocycles. The van der Waals surface area contributed by atoms with E-state index in [1.54, 1.807) is 0 Å². The smallest absolute Gasteiger partial charge is 0.303 e. The number of carbonyl (C=O) groups is 1. The number of hydrogen-bond donors (Lipinski definition) is 1. The Hall–Kier alpha value is -2.74. The Morgan fingerprint density at radius 3 is 2.32 bits per heavy atom. The number of aromatic nitrogens is 2. The van der Waals surface area contributed by atoms with E-state index in [-0.39, 0.29) is 30.1 Å². The normalized spacial score (nSPS) is 32.1. The van der Waals surface area contributed by atoms with Crippen molar-refractivity contribution < 1.29 is 14.7 Å². The molecule has 4 fully saturated rings. The zero-order chi connectivity index (χ0) is 28.5. The van der Waals surface area contributed by atoms with Crippen LogP contribution in [0.15, 0.2) is 34.2 Å². The first-order chi connectivity index (χ1) is 19.9. The van der Waals surface area contributed by atoms with E-state index >= 15 is 0 Å². The molecular weight excluding hydrogens is 516 g/mol. The highest BCUT2D eigenvalue weighted by Crippen LogP contribution is 2.49. The minimum absolute atomic E-state index is 0.0843. The Bertz CT molecular complexity index is 1310. The van der Waals surface area contributed by atoms with Crippen LogP contribution in [0.3, 0.4) is 0 Å². The summed E-state index contributed by atoms with van der Waals surface area (Å²) in [6.07, 6.45) is 13.9. The van der Waals surface area contributed by atoms with Gasteiger partial charge >= 0.3 is 5.97 Å². The summed E-state index contributed by atoms with van der Waals surface area (Å²) < 4.78 is 1.98. The summed E-state index contributed by atoms with van der Waals surface area (Å²) in [5.41, 5.74) is 1.94. The van der Waals surface area contributed by atoms with Crippen LogP contribution in [0.2, 0.25) is 0 Å². The Kier molecular flexibility index (Phi) is 8.47. The van der Waals surface area contributed by atoms with Gasteiger partial charge in [0, 0.05) is 30.6 Å². The first kappa shape index (κ1) is 28.4. The van der Waals surface area contributed by atoms with Gasteiger partial charge in [-0.2, -0.15) is 0 Å². The molecule has 4 bridgehead atoms. The quantitative estimate of drug-likeness (QED) is 0.290. The van der Waals surface area contributed by atoms with Gasteiger partial charge in [0.05, 0.1) is 17.5 Å². The average molecular weight is 563 g/mol. The van der Waals surface area contributed by atoms with Gasteiger partial charge in [-0.1, -0.05) is 37.1 Å². The molecular formula is C33H46N4O4. The van der Waals surface area contributed by atoms with Crippen molar-refractivity contribution in [1.29, 1.82) is 0 Å². The summed E-state index contributed by atoms with van der Waals surface area (Å²) in [6, 6.07) is 9.62. The molecule has 1 N–H and O–H groups in total. The highest BCUT2D eigenvalue weighted by atomic mass is 16.6. The Morgan fingerprint density at radius 1 is 0.951 bits per heavy atom. The van der Waals surface area contributed by atoms with E-state index in [2.05, 4.69) is 17.0 Å². The molecule has 8 heteroatoms. The molecule has 8 nitrogen and oxygen atoms in total. The highest BCUT2D eigenvalue weighted by molar-refractivity contribution is 6.00. The summed E-state index contributed by atoms with van der Waals surface area (Å²) in [7, 11) is 0. The number of nitrogens with zero attached hydrogens (tertiary/aromatic N) is 4. The highest BCUT2D eigenvalue weighted by Gasteiger charge is 2.46. The number of aliphatic carboxylic acids is 1. The minimum atomic E-state index is -0.937. The predicted octanol–water partition coefficient (Wildman–Crippen LogP) is 6.16. The molecule has 2 aliphatic carbocycles. The molecule has 0 radical (unpaired) electrons. The summed E-state index contributed by atoms with van der Waals surface area (Å²) >= 11 is 0. The van der Waals surface area contributed by atoms with E-state index < -0.39 is 5.97 Å². The number of carboxylic acids is 1. The number of carboxylic acid groups (broad SMARTS) is 1. The standard InChI is InChI=1S/C33H46N4O4/c1-3-21-14-22-16-23(15-21)18-26(17-22)36-24-8-7-9-25(36)20-27(19-24)37-30-11-6-5-10-28(30)34-32(33(37)40)29(35-41-4-2)12-13-31(38)39/h5-6,10-11,21-27H,3-4,7-9,12-20H2,1-2H3,(H,38,39)/b35-29+. The van der Waals surface area contributed by atoms with Crippen molar-refractivity contribution in [1.82, 2.24) is 14.5 Å². The molecule has 2 aliphatic heterocycles. The van der Waals surface area contributed by atoms with Gasteiger partial charge in [-0.05, 0) is 94.6 Å². The number of benzene rings is 1. The van der Waals surface area contributed by atoms with E-state index in [1.807, 2.05) is 35.8 Å². The van der Waals surface area contributed by atoms with Crippen LogP contribution in [0.4, 0.5) is 0 Å². The van der Waals surface area contributed by atoms with E-state index in [0.717, 1.165) is 41.6 Å². The van der Waals surface area contributed by atoms with Gasteiger partial charge in [0.25, 0.3) is 5.56 Å². The lowest BCUT2D eigenvalue weighted by molar-refractivity contribution is -0.136. The molecule has 222 valence electrons. The van der Waals surface area contributed by atoms with E-state index in [9.17, 15) is 14.7 Å². The summed E-state index contributed by atoms with van der Waals surface area (Å²) in [5.74, 6) is 1.77. The molecule has 1 aromatic carbocycles. The van der Waals surface area contributed by atoms with E-state index in [1.165, 1.54) is 57.8 Å². The molecule has 0 spiro atoms. The third-order valence-corrected chi connectivity index (χ3v) is 10.5. The second-order valence-corrected chi connectivity index (χ2v) is 13.1. The molecule has 3 heterocycles. The summed E-state index contributed by atoms with van der Waals surface area (Å²) in [4.78, 5) is 38.6. The lowest BCUT2D eigenvalue weighted by Crippen LogP contribution is -2.59. The largest absolute Gasteiger partial charge is 0.481 e. The first-order valence-corrected chi connectivity index (χ1v) is 16.1. The van der Waals surface area contributed by atoms with Gasteiger partial charge in [-0.15, -0.1) is 0 Å². The molecule has 41 heavy (non-hydrogen) atoms. The number of piperidine rings is 2. The van der Waals surface area contributed by atoms with Gasteiger partial charge in [0.15, 0.2) is 5.69 Å². The lowest BCUT2D eigenvalue weighted by Gasteiger charge is -2.56. The van der Waals surface area contributed by atoms with Crippen LogP contribution in [0, 0.1) is 17.8 Å². The molecule has 6 rings (SSSR count). The number of fused-ring (bicyclic) bond motifs is 5. The molecule has 2 saturated carbocycles. The van der Waals surface area contributed by atoms with Crippen LogP contribution in [0.5, 0.6) is 0 Å². The fourth-order valence-electron chi connectivity index (χ4n) is 9.01. The van der Waals surface area contributed by atoms with Gasteiger partial charge in [0.1, 0.15) is 12.3 Å². The predicted molar refractivity (Wildman–Crippen MR) is 160 cm³/mol. The fourth-order valence-corrected chi connectivity index (χ4v) is 9.01. The molecule has 4 atom stereocenters. The zero-order valence-corrected chi connectivity index (χ0v) is 24.7. The lowest BCUT2D eigenvalue weighted by atomic mass is 9.64. The Balaban J connectivity index is 1.32. The van der Waals surface area contributed by atoms with E-state index in [4.69, 9.17) is 9.82 Å². The minimum Gasteiger partial charge on any atom is -0.481 e. The zero-order valence-electron chi connectivity index (χ0n) is 24.7. The molecule has 0 amide bonds. The van der Waals surface area contributed by atoms with Crippen LogP contribution < -0.4 is 5.56 Å². The number of rotatable bonds is 9. The fraction of sp³-hybridized carbons (Fsp3) is 0.697. The molecule has 2 saturated heterocycles. The van der Waals surface area contributed by atoms with Crippen molar-refractivity contribution in [2.45, 2.75) is 121 Å². The van der Waals surface area contributed by atoms with Crippen molar-refractivity contribution >= 4 is 22.7 Å². The maximum absolute atomic E-state index is 14.2. The van der Waals surface area contributed by atoms with Crippen LogP contribution >= 0.6 is 0 Å². The van der Waals surface area contributed by atoms with Crippen LogP contribution in [0.25, 0.3) is 11.0 Å². The van der Waals surface area contributed by atoms with Crippen molar-refractivity contribution in [2.24, 2.45) is 22.9 Å². The van der Waals surface area contributed by atoms with Crippen molar-refractivity contribution in [3.05, 3.63) is 40.3 Å². The average Bonchev–Trinajstić information content (AvgIpc) is 2.96. The van der Waals surface area contributed by atoms with Gasteiger partial charge in [0.2, 0.25) is 0 Å². The molecule has 2 aromatic rings. The van der Waals surface area contributed by atoms with Crippen molar-refractivity contribution in [3.8, 4) is 0 Å². The van der Waals surface area contributed by atoms with Gasteiger partial charge in [-0.3, -0.25) is 14.5 Å². The van der Waals surface area contributed by atoms with Crippen molar-refractivity contribution in [2.75, 3.05) is 6.61 Å². The second-order valence-electron chi connectivity index (χ2n) is 13.1. The Labute approximate surface area is 243 Å². The maximum atomic E-state index is 14.2. The Morgan fingerprint density at radius 2 is 1.66 bits per heavy atom. The summed E-state index contributed by atoms with van der Waals surface area (Å²) in [6.45, 7) is 4.52. The summed E-state index contributed by atoms with van der Waals surface area (Å²) in [5, 5.41) is 13.5. The molecule has 4 aliphatic rings. The van der Waals surface area contributed by atoms with Crippen LogP contribution in [-0.4, -0.2) is 56.0 Å². The third kappa shape index (κ3) is 5.81. The monoisotopic (exact) mass is 562 g/mol. The SMILES string of the molecule is CCO/N=C(\CCC(=O)O)c1nc2ccccc2n(C2CC3CCCC(C2)N3C2CC3CC(CC)CC(C3)C2)c1=O. The first-order valence-electron chi connectivity index (χ1n) is 16.1. The number of para-hydroxylation sites is 2. The third-order valence-electron chi connectivity index (χ3n) is 10.5. The van der Waals surface area contributed by atoms with Crippen LogP contribution in [-0.2, 0) is 9.63 Å². The van der Waals surface area contributed by atoms with Gasteiger partial charge < -0.3 is 14.5 Å². The van der Waals surface area contributed by atoms with Crippen LogP contribution in [0.1, 0.15) is 109 Å². The second kappa shape index (κ2) is 12.2. The van der Waals surface area contributed by atoms with Gasteiger partial charge in [-0.25, -0.2) is 4.98 Å². The topological polar surface area (TPSA) is 97.0 Å². The van der Waals surface area contributed by atoms with Crippen molar-refractivity contribution in [3.63, 3.8) is 0 Å². The molecule has 4 unspecified atom stereocenters. The number of oxime groups is 1. The van der Waals surface area contributed by atoms with E-state index in [0.29, 0.717) is 30.4 Å².